The van der Waals surface area contributed by atoms with E-state index in [0.29, 0.717) is 17.0 Å². The normalized spacial score (nSPS) is 11.3. The van der Waals surface area contributed by atoms with Gasteiger partial charge >= 0.3 is 0 Å². The summed E-state index contributed by atoms with van der Waals surface area (Å²) in [5.41, 5.74) is 15.5. The number of hydrogen-bond acceptors (Lipinski definition) is 4. The number of rotatable bonds is 6. The van der Waals surface area contributed by atoms with Crippen LogP contribution in [-0.4, -0.2) is 24.8 Å². The molecule has 7 nitrogen and oxygen atoms in total. The number of carbonyl (C=O) groups is 1. The Bertz CT molecular complexity index is 1190. The van der Waals surface area contributed by atoms with Gasteiger partial charge in [0.05, 0.1) is 24.1 Å². The number of pyridine rings is 1. The monoisotopic (exact) mass is 392 g/mol. The Morgan fingerprint density at radius 2 is 1.86 bits per heavy atom. The van der Waals surface area contributed by atoms with Crippen molar-refractivity contribution in [2.24, 2.45) is 11.5 Å². The number of nitrogens with zero attached hydrogens (tertiary/aromatic N) is 4. The van der Waals surface area contributed by atoms with Crippen molar-refractivity contribution in [3.63, 3.8) is 0 Å². The minimum atomic E-state index is -0.557. The predicted molar refractivity (Wildman–Crippen MR) is 109 cm³/mol. The molecule has 4 N–H and O–H groups in total. The zero-order valence-electron chi connectivity index (χ0n) is 16.0. The molecule has 3 heterocycles. The third kappa shape index (κ3) is 3.27. The van der Waals surface area contributed by atoms with E-state index in [0.717, 1.165) is 35.6 Å². The maximum atomic E-state index is 13.5. The first-order valence-corrected chi connectivity index (χ1v) is 9.36. The van der Waals surface area contributed by atoms with Crippen LogP contribution in [0.25, 0.3) is 28.2 Å². The van der Waals surface area contributed by atoms with E-state index in [2.05, 4.69) is 16.5 Å². The number of imidazole rings is 2. The van der Waals surface area contributed by atoms with Gasteiger partial charge in [0.25, 0.3) is 5.91 Å². The molecule has 1 amide bonds. The van der Waals surface area contributed by atoms with Crippen molar-refractivity contribution in [3.8, 4) is 22.5 Å². The van der Waals surface area contributed by atoms with Crippen LogP contribution in [0, 0.1) is 5.82 Å². The summed E-state index contributed by atoms with van der Waals surface area (Å²) in [4.78, 5) is 20.7. The second-order valence-electron chi connectivity index (χ2n) is 6.74. The molecule has 1 aromatic carbocycles. The van der Waals surface area contributed by atoms with E-state index in [1.807, 2.05) is 18.3 Å². The number of nitrogens with two attached hydrogens (primary N) is 2. The lowest BCUT2D eigenvalue weighted by molar-refractivity contribution is 0.0995. The van der Waals surface area contributed by atoms with Crippen molar-refractivity contribution in [2.45, 2.75) is 26.4 Å². The summed E-state index contributed by atoms with van der Waals surface area (Å²) in [6.45, 7) is 3.07. The molecular formula is C21H21FN6O. The second kappa shape index (κ2) is 7.48. The molecule has 0 aliphatic heterocycles. The first kappa shape index (κ1) is 18.8. The van der Waals surface area contributed by atoms with Crippen molar-refractivity contribution in [1.29, 1.82) is 0 Å². The summed E-state index contributed by atoms with van der Waals surface area (Å²) >= 11 is 0. The average molecular weight is 392 g/mol. The first-order valence-electron chi connectivity index (χ1n) is 9.36. The minimum Gasteiger partial charge on any atom is -0.364 e. The van der Waals surface area contributed by atoms with Crippen LogP contribution in [0.2, 0.25) is 0 Å². The van der Waals surface area contributed by atoms with Crippen LogP contribution < -0.4 is 11.5 Å². The Labute approximate surface area is 166 Å². The smallest absolute Gasteiger partial charge is 0.267 e. The molecule has 29 heavy (non-hydrogen) atoms. The lowest BCUT2D eigenvalue weighted by atomic mass is 10.1. The van der Waals surface area contributed by atoms with E-state index < -0.39 is 5.91 Å². The number of hydrogen-bond donors (Lipinski definition) is 2. The standard InChI is InChI=1S/C21H21FN6O/c1-2-9-27-18(10-23)26-19(13-3-6-15(22)7-4-13)20(27)14-5-8-17-25-11-16(21(24)29)28(17)12-14/h3-8,11-12H,2,9-10,23H2,1H3,(H2,24,29). The second-order valence-corrected chi connectivity index (χ2v) is 6.74. The largest absolute Gasteiger partial charge is 0.364 e. The molecule has 4 rings (SSSR count). The zero-order chi connectivity index (χ0) is 20.5. The van der Waals surface area contributed by atoms with Crippen molar-refractivity contribution in [3.05, 3.63) is 66.1 Å². The number of amides is 1. The van der Waals surface area contributed by atoms with Crippen LogP contribution in [0.3, 0.4) is 0 Å². The highest BCUT2D eigenvalue weighted by molar-refractivity contribution is 5.92. The molecule has 3 aromatic heterocycles. The van der Waals surface area contributed by atoms with Gasteiger partial charge in [0.2, 0.25) is 0 Å². The van der Waals surface area contributed by atoms with Crippen molar-refractivity contribution in [1.82, 2.24) is 18.9 Å². The molecule has 0 aliphatic carbocycles. The van der Waals surface area contributed by atoms with Gasteiger partial charge < -0.3 is 16.0 Å². The number of aromatic nitrogens is 4. The third-order valence-corrected chi connectivity index (χ3v) is 4.83. The molecule has 0 aliphatic rings. The fraction of sp³-hybridized carbons (Fsp3) is 0.190. The Hall–Kier alpha value is -3.52. The fourth-order valence-electron chi connectivity index (χ4n) is 3.52. The highest BCUT2D eigenvalue weighted by Crippen LogP contribution is 2.33. The van der Waals surface area contributed by atoms with Crippen LogP contribution in [0.1, 0.15) is 29.7 Å². The quantitative estimate of drug-likeness (QED) is 0.526. The van der Waals surface area contributed by atoms with Crippen molar-refractivity contribution >= 4 is 11.6 Å². The molecule has 0 atom stereocenters. The average Bonchev–Trinajstić information content (AvgIpc) is 3.30. The van der Waals surface area contributed by atoms with Gasteiger partial charge in [-0.3, -0.25) is 9.20 Å². The van der Waals surface area contributed by atoms with Crippen LogP contribution in [-0.2, 0) is 13.1 Å². The van der Waals surface area contributed by atoms with E-state index in [1.165, 1.54) is 18.3 Å². The van der Waals surface area contributed by atoms with E-state index in [9.17, 15) is 9.18 Å². The first-order chi connectivity index (χ1) is 14.0. The molecule has 0 spiro atoms. The lowest BCUT2D eigenvalue weighted by Crippen LogP contribution is -2.13. The SMILES string of the molecule is CCCn1c(CN)nc(-c2ccc(F)cc2)c1-c1ccc2ncc(C(N)=O)n2c1. The molecule has 148 valence electrons. The Balaban J connectivity index is 1.99. The zero-order valence-corrected chi connectivity index (χ0v) is 16.0. The van der Waals surface area contributed by atoms with E-state index in [4.69, 9.17) is 16.5 Å². The number of fused-ring (bicyclic) bond motifs is 1. The molecule has 0 saturated heterocycles. The summed E-state index contributed by atoms with van der Waals surface area (Å²) in [7, 11) is 0. The van der Waals surface area contributed by atoms with Gasteiger partial charge in [0.15, 0.2) is 0 Å². The van der Waals surface area contributed by atoms with Gasteiger partial charge in [-0.1, -0.05) is 6.92 Å². The van der Waals surface area contributed by atoms with Gasteiger partial charge in [-0.25, -0.2) is 14.4 Å². The van der Waals surface area contributed by atoms with Gasteiger partial charge in [-0.15, -0.1) is 0 Å². The summed E-state index contributed by atoms with van der Waals surface area (Å²) < 4.78 is 17.2. The van der Waals surface area contributed by atoms with Crippen LogP contribution >= 0.6 is 0 Å². The van der Waals surface area contributed by atoms with Gasteiger partial charge in [0.1, 0.15) is 23.0 Å². The highest BCUT2D eigenvalue weighted by Gasteiger charge is 2.20. The molecule has 8 heteroatoms. The fourth-order valence-corrected chi connectivity index (χ4v) is 3.52. The molecule has 4 aromatic rings. The Morgan fingerprint density at radius 1 is 1.14 bits per heavy atom. The summed E-state index contributed by atoms with van der Waals surface area (Å²) in [5.74, 6) is -0.131. The number of primary amides is 1. The summed E-state index contributed by atoms with van der Waals surface area (Å²) in [6, 6.07) is 9.95. The molecule has 0 saturated carbocycles. The van der Waals surface area contributed by atoms with Crippen LogP contribution in [0.15, 0.2) is 48.8 Å². The lowest BCUT2D eigenvalue weighted by Gasteiger charge is -2.12. The highest BCUT2D eigenvalue weighted by atomic mass is 19.1. The molecule has 0 unspecified atom stereocenters. The number of carbonyl (C=O) groups excluding carboxylic acids is 1. The predicted octanol–water partition coefficient (Wildman–Crippen LogP) is 2.97. The molecule has 0 fully saturated rings. The van der Waals surface area contributed by atoms with Gasteiger partial charge in [0, 0.05) is 23.9 Å². The number of halogens is 1. The van der Waals surface area contributed by atoms with E-state index >= 15 is 0 Å². The molecule has 0 bridgehead atoms. The summed E-state index contributed by atoms with van der Waals surface area (Å²) in [6.07, 6.45) is 4.16. The van der Waals surface area contributed by atoms with E-state index in [-0.39, 0.29) is 12.4 Å². The van der Waals surface area contributed by atoms with Crippen LogP contribution in [0.5, 0.6) is 0 Å². The summed E-state index contributed by atoms with van der Waals surface area (Å²) in [5, 5.41) is 0. The van der Waals surface area contributed by atoms with Crippen molar-refractivity contribution < 1.29 is 9.18 Å². The minimum absolute atomic E-state index is 0.272. The topological polar surface area (TPSA) is 104 Å². The maximum absolute atomic E-state index is 13.5. The van der Waals surface area contributed by atoms with E-state index in [1.54, 1.807) is 16.5 Å². The van der Waals surface area contributed by atoms with Crippen LogP contribution in [0.4, 0.5) is 4.39 Å². The Morgan fingerprint density at radius 3 is 2.52 bits per heavy atom. The Kier molecular flexibility index (Phi) is 4.85. The third-order valence-electron chi connectivity index (χ3n) is 4.83. The molecular weight excluding hydrogens is 371 g/mol. The molecule has 0 radical (unpaired) electrons. The maximum Gasteiger partial charge on any atom is 0.267 e. The number of benzene rings is 1. The van der Waals surface area contributed by atoms with Gasteiger partial charge in [-0.2, -0.15) is 0 Å². The van der Waals surface area contributed by atoms with Crippen molar-refractivity contribution in [2.75, 3.05) is 0 Å². The van der Waals surface area contributed by atoms with Gasteiger partial charge in [-0.05, 0) is 42.8 Å².